The van der Waals surface area contributed by atoms with Crippen LogP contribution in [0.1, 0.15) is 41.7 Å². The molecule has 0 saturated heterocycles. The lowest BCUT2D eigenvalue weighted by atomic mass is 10.2. The number of hydrogen-bond donors (Lipinski definition) is 4. The molecular formula is C18H20BrN5O4S. The predicted octanol–water partition coefficient (Wildman–Crippen LogP) is 1.84. The molecule has 11 heteroatoms. The number of unbranched alkanes of at least 4 members (excludes halogenated alkanes) is 2. The first kappa shape index (κ1) is 21.1. The van der Waals surface area contributed by atoms with E-state index in [0.717, 1.165) is 10.9 Å². The van der Waals surface area contributed by atoms with E-state index in [1.54, 1.807) is 36.5 Å². The molecule has 1 aromatic carbocycles. The zero-order valence-electron chi connectivity index (χ0n) is 15.4. The Hall–Kier alpha value is -2.66. The van der Waals surface area contributed by atoms with Crippen molar-refractivity contribution in [2.24, 2.45) is 4.99 Å². The monoisotopic (exact) mass is 481 g/mol. The zero-order chi connectivity index (χ0) is 20.9. The van der Waals surface area contributed by atoms with Crippen molar-refractivity contribution >= 4 is 43.6 Å². The van der Waals surface area contributed by atoms with Gasteiger partial charge in [-0.25, -0.2) is 8.42 Å². The van der Waals surface area contributed by atoms with Gasteiger partial charge in [0.2, 0.25) is 5.91 Å². The number of aliphatic imine (C=N–C) groups is 1. The van der Waals surface area contributed by atoms with E-state index >= 15 is 0 Å². The van der Waals surface area contributed by atoms with Gasteiger partial charge in [-0.1, -0.05) is 18.6 Å². The van der Waals surface area contributed by atoms with E-state index in [1.807, 2.05) is 0 Å². The van der Waals surface area contributed by atoms with Crippen LogP contribution in [0.3, 0.4) is 0 Å². The van der Waals surface area contributed by atoms with Crippen LogP contribution in [0, 0.1) is 0 Å². The molecule has 0 atom stereocenters. The lowest BCUT2D eigenvalue weighted by Gasteiger charge is -2.06. The van der Waals surface area contributed by atoms with Crippen LogP contribution >= 0.6 is 15.9 Å². The fourth-order valence-corrected chi connectivity index (χ4v) is 4.37. The first-order chi connectivity index (χ1) is 13.9. The van der Waals surface area contributed by atoms with Gasteiger partial charge in [0.05, 0.1) is 4.90 Å². The molecule has 1 aromatic heterocycles. The average Bonchev–Trinajstić information content (AvgIpc) is 3.24. The summed E-state index contributed by atoms with van der Waals surface area (Å²) in [4.78, 5) is 30.9. The molecule has 9 nitrogen and oxygen atoms in total. The van der Waals surface area contributed by atoms with Gasteiger partial charge in [-0.05, 0) is 47.0 Å². The van der Waals surface area contributed by atoms with Crippen LogP contribution in [0.15, 0.2) is 50.9 Å². The number of benzene rings is 1. The molecule has 4 N–H and O–H groups in total. The van der Waals surface area contributed by atoms with Crippen LogP contribution in [0.4, 0.5) is 0 Å². The van der Waals surface area contributed by atoms with Crippen LogP contribution < -0.4 is 15.6 Å². The summed E-state index contributed by atoms with van der Waals surface area (Å²) in [6.07, 6.45) is 3.97. The smallest absolute Gasteiger partial charge is 0.286 e. The Morgan fingerprint density at radius 3 is 2.66 bits per heavy atom. The molecule has 29 heavy (non-hydrogen) atoms. The summed E-state index contributed by atoms with van der Waals surface area (Å²) in [5.41, 5.74) is 5.62. The number of amides is 2. The summed E-state index contributed by atoms with van der Waals surface area (Å²) in [7, 11) is -3.52. The van der Waals surface area contributed by atoms with Crippen LogP contribution in [-0.4, -0.2) is 37.6 Å². The molecule has 2 heterocycles. The Morgan fingerprint density at radius 1 is 1.10 bits per heavy atom. The van der Waals surface area contributed by atoms with Crippen molar-refractivity contribution in [3.05, 3.63) is 52.3 Å². The van der Waals surface area contributed by atoms with E-state index in [-0.39, 0.29) is 17.2 Å². The second-order valence-electron chi connectivity index (χ2n) is 6.38. The van der Waals surface area contributed by atoms with E-state index in [9.17, 15) is 18.0 Å². The zero-order valence-corrected chi connectivity index (χ0v) is 17.8. The van der Waals surface area contributed by atoms with Gasteiger partial charge in [0.25, 0.3) is 15.9 Å². The number of halogens is 1. The molecule has 1 aliphatic rings. The first-order valence-corrected chi connectivity index (χ1v) is 11.2. The van der Waals surface area contributed by atoms with Crippen molar-refractivity contribution in [2.45, 2.75) is 30.6 Å². The highest BCUT2D eigenvalue weighted by molar-refractivity contribution is 9.10. The minimum Gasteiger partial charge on any atom is -0.356 e. The molecular weight excluding hydrogens is 462 g/mol. The summed E-state index contributed by atoms with van der Waals surface area (Å²) in [5.74, 6) is -0.357. The average molecular weight is 482 g/mol. The molecule has 0 bridgehead atoms. The number of amidine groups is 1. The summed E-state index contributed by atoms with van der Waals surface area (Å²) >= 11 is 3.23. The van der Waals surface area contributed by atoms with Crippen LogP contribution in [0.5, 0.6) is 0 Å². The molecule has 0 spiro atoms. The summed E-state index contributed by atoms with van der Waals surface area (Å²) in [5, 5.41) is 0. The number of hydrogen-bond acceptors (Lipinski definition) is 5. The number of aromatic nitrogens is 1. The topological polar surface area (TPSA) is 133 Å². The van der Waals surface area contributed by atoms with E-state index in [4.69, 9.17) is 0 Å². The third-order valence-electron chi connectivity index (χ3n) is 4.20. The van der Waals surface area contributed by atoms with E-state index in [2.05, 4.69) is 41.5 Å². The molecule has 0 aliphatic carbocycles. The Morgan fingerprint density at radius 2 is 1.90 bits per heavy atom. The molecule has 0 unspecified atom stereocenters. The van der Waals surface area contributed by atoms with Gasteiger partial charge < -0.3 is 4.98 Å². The second kappa shape index (κ2) is 9.23. The molecule has 0 fully saturated rings. The lowest BCUT2D eigenvalue weighted by Crippen LogP contribution is -2.41. The van der Waals surface area contributed by atoms with Crippen molar-refractivity contribution in [3.8, 4) is 0 Å². The van der Waals surface area contributed by atoms with Gasteiger partial charge in [-0.2, -0.15) is 0 Å². The minimum absolute atomic E-state index is 0.240. The number of nitrogens with one attached hydrogen (secondary N) is 4. The van der Waals surface area contributed by atoms with Gasteiger partial charge in [0.15, 0.2) is 0 Å². The van der Waals surface area contributed by atoms with Crippen molar-refractivity contribution in [1.29, 1.82) is 0 Å². The highest BCUT2D eigenvalue weighted by Crippen LogP contribution is 2.22. The van der Waals surface area contributed by atoms with Gasteiger partial charge in [-0.3, -0.25) is 30.2 Å². The summed E-state index contributed by atoms with van der Waals surface area (Å²) in [6.45, 7) is 0.451. The number of H-pyrrole nitrogens is 1. The molecule has 0 saturated carbocycles. The maximum absolute atomic E-state index is 12.0. The van der Waals surface area contributed by atoms with Gasteiger partial charge in [-0.15, -0.1) is 0 Å². The minimum atomic E-state index is -3.52. The van der Waals surface area contributed by atoms with Crippen molar-refractivity contribution in [1.82, 2.24) is 20.6 Å². The summed E-state index contributed by atoms with van der Waals surface area (Å²) < 4.78 is 27.2. The number of hydrazine groups is 1. The molecule has 154 valence electrons. The third kappa shape index (κ3) is 5.45. The highest BCUT2D eigenvalue weighted by Gasteiger charge is 2.29. The quantitative estimate of drug-likeness (QED) is 0.354. The number of nitrogens with zero attached hydrogens (tertiary/aromatic N) is 1. The van der Waals surface area contributed by atoms with Crippen molar-refractivity contribution in [2.75, 3.05) is 6.54 Å². The van der Waals surface area contributed by atoms with Gasteiger partial charge in [0.1, 0.15) is 11.5 Å². The molecule has 2 amide bonds. The number of aromatic amines is 1. The fourth-order valence-electron chi connectivity index (χ4n) is 2.77. The van der Waals surface area contributed by atoms with E-state index in [1.165, 1.54) is 0 Å². The third-order valence-corrected chi connectivity index (χ3v) is 6.06. The predicted molar refractivity (Wildman–Crippen MR) is 111 cm³/mol. The molecule has 1 aliphatic heterocycles. The maximum Gasteiger partial charge on any atom is 0.286 e. The maximum atomic E-state index is 12.0. The molecule has 2 aromatic rings. The molecule has 0 radical (unpaired) electrons. The largest absolute Gasteiger partial charge is 0.356 e. The second-order valence-corrected chi connectivity index (χ2v) is 8.94. The van der Waals surface area contributed by atoms with Gasteiger partial charge in [0, 0.05) is 29.2 Å². The normalized spacial score (nSPS) is 15.6. The highest BCUT2D eigenvalue weighted by atomic mass is 79.9. The number of fused-ring (bicyclic) bond motifs is 1. The van der Waals surface area contributed by atoms with Gasteiger partial charge >= 0.3 is 0 Å². The number of carbonyl (C=O) groups is 2. The Labute approximate surface area is 176 Å². The van der Waals surface area contributed by atoms with Crippen molar-refractivity contribution < 1.29 is 18.0 Å². The van der Waals surface area contributed by atoms with Crippen LogP contribution in [0.25, 0.3) is 0 Å². The standard InChI is InChI=1S/C18H20BrN5O4S/c19-12-10-14(21-11-12)18(26)23-22-16(25)8-2-1-5-9-20-17-13-6-3-4-7-15(13)29(27,28)24-17/h3-4,6-7,10-11,21H,1-2,5,8-9H2,(H,20,24)(H,22,25)(H,23,26). The Bertz CT molecular complexity index is 1050. The molecule has 3 rings (SSSR count). The number of carbonyl (C=O) groups excluding carboxylic acids is 2. The summed E-state index contributed by atoms with van der Waals surface area (Å²) in [6, 6.07) is 8.31. The number of rotatable bonds is 7. The SMILES string of the molecule is O=C(CCCCCN=C1NS(=O)(=O)c2ccccc21)NNC(=O)c1cc(Br)c[nH]1. The lowest BCUT2D eigenvalue weighted by molar-refractivity contribution is -0.122. The van der Waals surface area contributed by atoms with E-state index in [0.29, 0.717) is 36.5 Å². The van der Waals surface area contributed by atoms with Crippen LogP contribution in [0.2, 0.25) is 0 Å². The first-order valence-electron chi connectivity index (χ1n) is 8.96. The van der Waals surface area contributed by atoms with Crippen molar-refractivity contribution in [3.63, 3.8) is 0 Å². The Kier molecular flexibility index (Phi) is 6.70. The Balaban J connectivity index is 1.35. The fraction of sp³-hybridized carbons (Fsp3) is 0.278. The number of sulfonamides is 1. The van der Waals surface area contributed by atoms with Crippen LogP contribution in [-0.2, 0) is 14.8 Å². The van der Waals surface area contributed by atoms with E-state index < -0.39 is 15.9 Å².